The highest BCUT2D eigenvalue weighted by Gasteiger charge is 2.09. The summed E-state index contributed by atoms with van der Waals surface area (Å²) in [4.78, 5) is 11.9. The summed E-state index contributed by atoms with van der Waals surface area (Å²) in [5.41, 5.74) is 0.491. The number of halogens is 3. The zero-order valence-electron chi connectivity index (χ0n) is 9.70. The van der Waals surface area contributed by atoms with Gasteiger partial charge in [-0.15, -0.1) is 0 Å². The smallest absolute Gasteiger partial charge is 0.200 e. The summed E-state index contributed by atoms with van der Waals surface area (Å²) in [6.07, 6.45) is 0. The van der Waals surface area contributed by atoms with Gasteiger partial charge in [-0.25, -0.2) is 0 Å². The van der Waals surface area contributed by atoms with Crippen LogP contribution in [0.25, 0.3) is 0 Å². The maximum absolute atomic E-state index is 11.9. The number of ketones is 1. The molecule has 98 valence electrons. The van der Waals surface area contributed by atoms with Crippen molar-refractivity contribution in [2.24, 2.45) is 0 Å². The van der Waals surface area contributed by atoms with E-state index in [1.54, 1.807) is 42.5 Å². The maximum atomic E-state index is 11.9. The van der Waals surface area contributed by atoms with Gasteiger partial charge in [-0.05, 0) is 24.3 Å². The van der Waals surface area contributed by atoms with E-state index in [2.05, 4.69) is 0 Å². The predicted octanol–water partition coefficient (Wildman–Crippen LogP) is 4.91. The van der Waals surface area contributed by atoms with E-state index in [0.29, 0.717) is 26.4 Å². The van der Waals surface area contributed by atoms with E-state index in [1.165, 1.54) is 0 Å². The number of carbonyl (C=O) groups excluding carboxylic acids is 1. The highest BCUT2D eigenvalue weighted by atomic mass is 35.5. The molecule has 5 heteroatoms. The molecule has 0 amide bonds. The van der Waals surface area contributed by atoms with Gasteiger partial charge in [0.05, 0.1) is 5.02 Å². The Hall–Kier alpha value is -1.22. The molecule has 0 saturated carbocycles. The van der Waals surface area contributed by atoms with Crippen LogP contribution < -0.4 is 4.74 Å². The van der Waals surface area contributed by atoms with Gasteiger partial charge >= 0.3 is 0 Å². The number of carbonyl (C=O) groups is 1. The number of hydrogen-bond donors (Lipinski definition) is 0. The summed E-state index contributed by atoms with van der Waals surface area (Å²) < 4.78 is 5.36. The largest absolute Gasteiger partial charge is 0.484 e. The van der Waals surface area contributed by atoms with E-state index in [1.807, 2.05) is 0 Å². The Labute approximate surface area is 125 Å². The Morgan fingerprint density at radius 3 is 2.47 bits per heavy atom. The summed E-state index contributed by atoms with van der Waals surface area (Å²) >= 11 is 17.6. The molecule has 0 aliphatic heterocycles. The van der Waals surface area contributed by atoms with Crippen molar-refractivity contribution in [3.05, 3.63) is 63.1 Å². The van der Waals surface area contributed by atoms with Crippen molar-refractivity contribution in [3.63, 3.8) is 0 Å². The maximum Gasteiger partial charge on any atom is 0.200 e. The average Bonchev–Trinajstić information content (AvgIpc) is 2.39. The number of hydrogen-bond acceptors (Lipinski definition) is 2. The molecule has 0 aromatic heterocycles. The van der Waals surface area contributed by atoms with Crippen molar-refractivity contribution in [1.82, 2.24) is 0 Å². The molecule has 0 saturated heterocycles. The monoisotopic (exact) mass is 314 g/mol. The molecule has 0 unspecified atom stereocenters. The second-order valence-electron chi connectivity index (χ2n) is 3.80. The van der Waals surface area contributed by atoms with Crippen LogP contribution in [0.15, 0.2) is 42.5 Å². The van der Waals surface area contributed by atoms with Gasteiger partial charge in [0.15, 0.2) is 12.4 Å². The Morgan fingerprint density at radius 1 is 1.00 bits per heavy atom. The molecule has 0 aliphatic carbocycles. The van der Waals surface area contributed by atoms with Crippen LogP contribution in [-0.2, 0) is 0 Å². The third kappa shape index (κ3) is 3.87. The molecule has 0 fully saturated rings. The molecule has 0 N–H and O–H groups in total. The van der Waals surface area contributed by atoms with Crippen LogP contribution in [0.1, 0.15) is 10.4 Å². The van der Waals surface area contributed by atoms with Gasteiger partial charge in [0.1, 0.15) is 5.75 Å². The molecule has 2 aromatic carbocycles. The molecule has 2 rings (SSSR count). The standard InChI is InChI=1S/C14H9Cl3O2/c15-10-3-1-2-9(6-10)13(18)8-19-14-7-11(16)4-5-12(14)17/h1-7H,8H2. The van der Waals surface area contributed by atoms with Crippen LogP contribution in [-0.4, -0.2) is 12.4 Å². The second kappa shape index (κ2) is 6.29. The van der Waals surface area contributed by atoms with Gasteiger partial charge in [0.2, 0.25) is 0 Å². The molecule has 2 aromatic rings. The first-order chi connectivity index (χ1) is 9.06. The van der Waals surface area contributed by atoms with Gasteiger partial charge < -0.3 is 4.74 Å². The Morgan fingerprint density at radius 2 is 1.74 bits per heavy atom. The molecule has 0 heterocycles. The average molecular weight is 316 g/mol. The Kier molecular flexibility index (Phi) is 4.70. The summed E-state index contributed by atoms with van der Waals surface area (Å²) in [7, 11) is 0. The molecular formula is C14H9Cl3O2. The predicted molar refractivity (Wildman–Crippen MR) is 77.7 cm³/mol. The minimum absolute atomic E-state index is 0.125. The van der Waals surface area contributed by atoms with Gasteiger partial charge in [0, 0.05) is 21.7 Å². The fourth-order valence-electron chi connectivity index (χ4n) is 1.48. The first kappa shape index (κ1) is 14.2. The molecule has 0 spiro atoms. The normalized spacial score (nSPS) is 10.3. The van der Waals surface area contributed by atoms with Gasteiger partial charge in [0.25, 0.3) is 0 Å². The van der Waals surface area contributed by atoms with E-state index < -0.39 is 0 Å². The third-order valence-corrected chi connectivity index (χ3v) is 3.18. The minimum Gasteiger partial charge on any atom is -0.484 e. The molecule has 0 atom stereocenters. The molecule has 0 aliphatic rings. The lowest BCUT2D eigenvalue weighted by atomic mass is 10.1. The summed E-state index contributed by atoms with van der Waals surface area (Å²) in [5, 5.41) is 1.41. The lowest BCUT2D eigenvalue weighted by molar-refractivity contribution is 0.0921. The number of rotatable bonds is 4. The molecule has 2 nitrogen and oxygen atoms in total. The topological polar surface area (TPSA) is 26.3 Å². The molecule has 19 heavy (non-hydrogen) atoms. The zero-order chi connectivity index (χ0) is 13.8. The van der Waals surface area contributed by atoms with Crippen LogP contribution in [0, 0.1) is 0 Å². The first-order valence-corrected chi connectivity index (χ1v) is 6.56. The number of ether oxygens (including phenoxy) is 1. The quantitative estimate of drug-likeness (QED) is 0.749. The van der Waals surface area contributed by atoms with Crippen molar-refractivity contribution in [2.45, 2.75) is 0 Å². The van der Waals surface area contributed by atoms with Gasteiger partial charge in [-0.1, -0.05) is 46.9 Å². The lowest BCUT2D eigenvalue weighted by Gasteiger charge is -2.08. The van der Waals surface area contributed by atoms with Crippen LogP contribution in [0.5, 0.6) is 5.75 Å². The minimum atomic E-state index is -0.182. The van der Waals surface area contributed by atoms with Gasteiger partial charge in [-0.2, -0.15) is 0 Å². The first-order valence-electron chi connectivity index (χ1n) is 5.43. The van der Waals surface area contributed by atoms with Crippen LogP contribution >= 0.6 is 34.8 Å². The van der Waals surface area contributed by atoms with Crippen LogP contribution in [0.2, 0.25) is 15.1 Å². The number of Topliss-reactive ketones (excluding diaryl/α,β-unsaturated/α-hetero) is 1. The highest BCUT2D eigenvalue weighted by molar-refractivity contribution is 6.34. The summed E-state index contributed by atoms with van der Waals surface area (Å²) in [6.45, 7) is -0.125. The highest BCUT2D eigenvalue weighted by Crippen LogP contribution is 2.27. The van der Waals surface area contributed by atoms with Crippen molar-refractivity contribution in [2.75, 3.05) is 6.61 Å². The van der Waals surface area contributed by atoms with Crippen molar-refractivity contribution >= 4 is 40.6 Å². The van der Waals surface area contributed by atoms with Crippen LogP contribution in [0.4, 0.5) is 0 Å². The van der Waals surface area contributed by atoms with E-state index in [-0.39, 0.29) is 12.4 Å². The van der Waals surface area contributed by atoms with E-state index in [0.717, 1.165) is 0 Å². The Bertz CT molecular complexity index is 611. The SMILES string of the molecule is O=C(COc1cc(Cl)ccc1Cl)c1cccc(Cl)c1. The second-order valence-corrected chi connectivity index (χ2v) is 5.08. The van der Waals surface area contributed by atoms with Crippen molar-refractivity contribution in [1.29, 1.82) is 0 Å². The molecule has 0 radical (unpaired) electrons. The summed E-state index contributed by atoms with van der Waals surface area (Å²) in [5.74, 6) is 0.197. The van der Waals surface area contributed by atoms with Crippen LogP contribution in [0.3, 0.4) is 0 Å². The van der Waals surface area contributed by atoms with E-state index in [9.17, 15) is 4.79 Å². The Balaban J connectivity index is 2.06. The molecule has 0 bridgehead atoms. The fourth-order valence-corrected chi connectivity index (χ4v) is 2.00. The number of benzene rings is 2. The lowest BCUT2D eigenvalue weighted by Crippen LogP contribution is -2.11. The fraction of sp³-hybridized carbons (Fsp3) is 0.0714. The third-order valence-electron chi connectivity index (χ3n) is 2.40. The van der Waals surface area contributed by atoms with Crippen molar-refractivity contribution < 1.29 is 9.53 Å². The van der Waals surface area contributed by atoms with E-state index in [4.69, 9.17) is 39.5 Å². The molecular weight excluding hydrogens is 307 g/mol. The van der Waals surface area contributed by atoms with Crippen molar-refractivity contribution in [3.8, 4) is 5.75 Å². The van der Waals surface area contributed by atoms with Gasteiger partial charge in [-0.3, -0.25) is 4.79 Å². The van der Waals surface area contributed by atoms with E-state index >= 15 is 0 Å². The summed E-state index contributed by atoms with van der Waals surface area (Å²) in [6, 6.07) is 11.5. The zero-order valence-corrected chi connectivity index (χ0v) is 12.0.